The lowest BCUT2D eigenvalue weighted by atomic mass is 10.2. The molecular weight excluding hydrogens is 322 g/mol. The van der Waals surface area contributed by atoms with Crippen LogP contribution < -0.4 is 10.5 Å². The number of nitrogens with two attached hydrogens (primary N) is 1. The van der Waals surface area contributed by atoms with Gasteiger partial charge in [-0.3, -0.25) is 4.72 Å². The van der Waals surface area contributed by atoms with E-state index in [1.165, 1.54) is 12.1 Å². The Balaban J connectivity index is 2.38. The molecule has 0 amide bonds. The Labute approximate surface area is 125 Å². The fourth-order valence-electron chi connectivity index (χ4n) is 1.71. The average Bonchev–Trinajstić information content (AvgIpc) is 2.36. The Hall–Kier alpha value is -1.70. The Kier molecular flexibility index (Phi) is 4.46. The highest BCUT2D eigenvalue weighted by molar-refractivity contribution is 7.92. The smallest absolute Gasteiger partial charge is 0.264 e. The fraction of sp³-hybridized carbons (Fsp3) is 0.0769. The standard InChI is InChI=1S/C13H11ClF2N2O2S/c14-9-4-10(15)6-11(5-9)18-21(19,20)13-2-1-8(7-17)3-12(13)16/h1-6,18H,7,17H2. The molecular formula is C13H11ClF2N2O2S. The Morgan fingerprint density at radius 1 is 1.14 bits per heavy atom. The van der Waals surface area contributed by atoms with Gasteiger partial charge in [0.2, 0.25) is 0 Å². The highest BCUT2D eigenvalue weighted by Crippen LogP contribution is 2.23. The number of anilines is 1. The second-order valence-corrected chi connectivity index (χ2v) is 6.32. The third-order valence-corrected chi connectivity index (χ3v) is 4.27. The number of nitrogens with one attached hydrogen (secondary N) is 1. The van der Waals surface area contributed by atoms with Crippen LogP contribution in [0, 0.1) is 11.6 Å². The zero-order valence-corrected chi connectivity index (χ0v) is 12.2. The van der Waals surface area contributed by atoms with Gasteiger partial charge in [-0.2, -0.15) is 0 Å². The number of halogens is 3. The maximum Gasteiger partial charge on any atom is 0.264 e. The van der Waals surface area contributed by atoms with E-state index < -0.39 is 26.6 Å². The van der Waals surface area contributed by atoms with E-state index in [2.05, 4.69) is 4.72 Å². The molecule has 0 aromatic heterocycles. The summed E-state index contributed by atoms with van der Waals surface area (Å²) >= 11 is 5.63. The largest absolute Gasteiger partial charge is 0.326 e. The molecule has 2 aromatic rings. The van der Waals surface area contributed by atoms with Crippen LogP contribution in [0.3, 0.4) is 0 Å². The monoisotopic (exact) mass is 332 g/mol. The van der Waals surface area contributed by atoms with Crippen LogP contribution in [0.1, 0.15) is 5.56 Å². The Morgan fingerprint density at radius 2 is 1.86 bits per heavy atom. The van der Waals surface area contributed by atoms with Gasteiger partial charge in [0.1, 0.15) is 16.5 Å². The van der Waals surface area contributed by atoms with Gasteiger partial charge in [-0.15, -0.1) is 0 Å². The number of sulfonamides is 1. The molecule has 0 aliphatic heterocycles. The zero-order chi connectivity index (χ0) is 15.6. The summed E-state index contributed by atoms with van der Waals surface area (Å²) in [5, 5.41) is 0.0200. The molecule has 3 N–H and O–H groups in total. The van der Waals surface area contributed by atoms with Crippen LogP contribution in [-0.4, -0.2) is 8.42 Å². The van der Waals surface area contributed by atoms with Gasteiger partial charge in [0.25, 0.3) is 10.0 Å². The van der Waals surface area contributed by atoms with Crippen LogP contribution >= 0.6 is 11.6 Å². The lowest BCUT2D eigenvalue weighted by molar-refractivity contribution is 0.569. The van der Waals surface area contributed by atoms with Crippen molar-refractivity contribution in [1.82, 2.24) is 0 Å². The molecule has 8 heteroatoms. The minimum atomic E-state index is -4.19. The zero-order valence-electron chi connectivity index (χ0n) is 10.6. The maximum absolute atomic E-state index is 13.8. The van der Waals surface area contributed by atoms with Crippen molar-refractivity contribution in [3.8, 4) is 0 Å². The van der Waals surface area contributed by atoms with Crippen molar-refractivity contribution in [2.24, 2.45) is 5.73 Å². The third kappa shape index (κ3) is 3.69. The normalized spacial score (nSPS) is 11.4. The van der Waals surface area contributed by atoms with E-state index in [1.54, 1.807) is 0 Å². The van der Waals surface area contributed by atoms with Gasteiger partial charge in [0.05, 0.1) is 5.69 Å². The van der Waals surface area contributed by atoms with Crippen molar-refractivity contribution in [1.29, 1.82) is 0 Å². The van der Waals surface area contributed by atoms with Crippen LogP contribution in [0.15, 0.2) is 41.3 Å². The van der Waals surface area contributed by atoms with E-state index in [0.29, 0.717) is 5.56 Å². The molecule has 0 bridgehead atoms. The van der Waals surface area contributed by atoms with Crippen molar-refractivity contribution in [2.75, 3.05) is 4.72 Å². The van der Waals surface area contributed by atoms with Crippen molar-refractivity contribution >= 4 is 27.3 Å². The van der Waals surface area contributed by atoms with Gasteiger partial charge in [0, 0.05) is 11.6 Å². The maximum atomic E-state index is 13.8. The van der Waals surface area contributed by atoms with Gasteiger partial charge < -0.3 is 5.73 Å². The Morgan fingerprint density at radius 3 is 2.43 bits per heavy atom. The predicted octanol–water partition coefficient (Wildman–Crippen LogP) is 2.88. The van der Waals surface area contributed by atoms with E-state index in [4.69, 9.17) is 17.3 Å². The summed E-state index contributed by atoms with van der Waals surface area (Å²) < 4.78 is 53.3. The highest BCUT2D eigenvalue weighted by atomic mass is 35.5. The third-order valence-electron chi connectivity index (χ3n) is 2.64. The first-order chi connectivity index (χ1) is 9.81. The molecule has 0 saturated heterocycles. The average molecular weight is 333 g/mol. The number of hydrogen-bond acceptors (Lipinski definition) is 3. The molecule has 2 rings (SSSR count). The molecule has 21 heavy (non-hydrogen) atoms. The van der Waals surface area contributed by atoms with Crippen LogP contribution in [0.2, 0.25) is 5.02 Å². The van der Waals surface area contributed by atoms with Crippen LogP contribution in [-0.2, 0) is 16.6 Å². The number of hydrogen-bond donors (Lipinski definition) is 2. The van der Waals surface area contributed by atoms with Gasteiger partial charge >= 0.3 is 0 Å². The summed E-state index contributed by atoms with van der Waals surface area (Å²) in [6.07, 6.45) is 0. The van der Waals surface area contributed by atoms with E-state index in [-0.39, 0.29) is 17.3 Å². The molecule has 0 aliphatic carbocycles. The van der Waals surface area contributed by atoms with Crippen molar-refractivity contribution in [3.05, 3.63) is 58.6 Å². The Bertz CT molecular complexity index is 761. The van der Waals surface area contributed by atoms with Gasteiger partial charge in [-0.25, -0.2) is 17.2 Å². The van der Waals surface area contributed by atoms with Crippen molar-refractivity contribution in [3.63, 3.8) is 0 Å². The highest BCUT2D eigenvalue weighted by Gasteiger charge is 2.19. The molecule has 0 unspecified atom stereocenters. The molecule has 2 aromatic carbocycles. The molecule has 0 radical (unpaired) electrons. The lowest BCUT2D eigenvalue weighted by Gasteiger charge is -2.10. The number of benzene rings is 2. The minimum absolute atomic E-state index is 0.0200. The van der Waals surface area contributed by atoms with E-state index in [1.807, 2.05) is 0 Å². The first kappa shape index (κ1) is 15.7. The fourth-order valence-corrected chi connectivity index (χ4v) is 3.03. The lowest BCUT2D eigenvalue weighted by Crippen LogP contribution is -2.15. The summed E-state index contributed by atoms with van der Waals surface area (Å²) in [7, 11) is -4.19. The predicted molar refractivity (Wildman–Crippen MR) is 76.5 cm³/mol. The second-order valence-electron chi connectivity index (χ2n) is 4.23. The van der Waals surface area contributed by atoms with Crippen molar-refractivity contribution in [2.45, 2.75) is 11.4 Å². The number of rotatable bonds is 4. The van der Waals surface area contributed by atoms with Crippen LogP contribution in [0.4, 0.5) is 14.5 Å². The summed E-state index contributed by atoms with van der Waals surface area (Å²) in [4.78, 5) is -0.555. The quantitative estimate of drug-likeness (QED) is 0.904. The summed E-state index contributed by atoms with van der Waals surface area (Å²) in [5.74, 6) is -1.65. The SMILES string of the molecule is NCc1ccc(S(=O)(=O)Nc2cc(F)cc(Cl)c2)c(F)c1. The summed E-state index contributed by atoms with van der Waals surface area (Å²) in [6, 6.07) is 6.71. The molecule has 0 fully saturated rings. The minimum Gasteiger partial charge on any atom is -0.326 e. The molecule has 0 spiro atoms. The molecule has 4 nitrogen and oxygen atoms in total. The molecule has 0 saturated carbocycles. The summed E-state index contributed by atoms with van der Waals surface area (Å²) in [6.45, 7) is 0.0875. The second kappa shape index (κ2) is 5.97. The molecule has 112 valence electrons. The topological polar surface area (TPSA) is 72.2 Å². The van der Waals surface area contributed by atoms with E-state index in [0.717, 1.165) is 24.3 Å². The van der Waals surface area contributed by atoms with Gasteiger partial charge in [-0.05, 0) is 35.9 Å². The first-order valence-electron chi connectivity index (χ1n) is 5.79. The first-order valence-corrected chi connectivity index (χ1v) is 7.65. The van der Waals surface area contributed by atoms with Gasteiger partial charge in [0.15, 0.2) is 0 Å². The van der Waals surface area contributed by atoms with Crippen LogP contribution in [0.25, 0.3) is 0 Å². The van der Waals surface area contributed by atoms with Gasteiger partial charge in [-0.1, -0.05) is 17.7 Å². The van der Waals surface area contributed by atoms with Crippen LogP contribution in [0.5, 0.6) is 0 Å². The summed E-state index contributed by atoms with van der Waals surface area (Å²) in [5.41, 5.74) is 5.71. The molecule has 0 atom stereocenters. The molecule has 0 aliphatic rings. The van der Waals surface area contributed by atoms with E-state index in [9.17, 15) is 17.2 Å². The molecule has 0 heterocycles. The van der Waals surface area contributed by atoms with Crippen molar-refractivity contribution < 1.29 is 17.2 Å². The van der Waals surface area contributed by atoms with E-state index >= 15 is 0 Å².